The first kappa shape index (κ1) is 24.8. The van der Waals surface area contributed by atoms with Crippen molar-refractivity contribution in [1.82, 2.24) is 14.7 Å². The minimum absolute atomic E-state index is 0.245. The molecule has 0 fully saturated rings. The lowest BCUT2D eigenvalue weighted by Gasteiger charge is -2.23. The topological polar surface area (TPSA) is 56.6 Å². The smallest absolute Gasteiger partial charge is 0.435 e. The Morgan fingerprint density at radius 3 is 2.11 bits per heavy atom. The number of fused-ring (bicyclic) bond motifs is 1. The number of hydrogen-bond acceptors (Lipinski definition) is 5. The van der Waals surface area contributed by atoms with Crippen LogP contribution in [0.1, 0.15) is 31.9 Å². The van der Waals surface area contributed by atoms with Crippen LogP contribution < -0.4 is 4.74 Å². The Morgan fingerprint density at radius 2 is 1.54 bits per heavy atom. The molecule has 1 heterocycles. The van der Waals surface area contributed by atoms with Gasteiger partial charge in [-0.3, -0.25) is 4.90 Å². The molecule has 4 rings (SSSR count). The van der Waals surface area contributed by atoms with Crippen LogP contribution in [-0.4, -0.2) is 39.5 Å². The van der Waals surface area contributed by atoms with Gasteiger partial charge in [-0.15, -0.1) is 5.10 Å². The predicted molar refractivity (Wildman–Crippen MR) is 139 cm³/mol. The quantitative estimate of drug-likeness (QED) is 0.279. The summed E-state index contributed by atoms with van der Waals surface area (Å²) in [5.41, 5.74) is 2.41. The number of nitrogens with zero attached hydrogens (tertiary/aromatic N) is 3. The molecule has 0 N–H and O–H groups in total. The summed E-state index contributed by atoms with van der Waals surface area (Å²) in [5, 5.41) is 5.07. The molecule has 0 amide bonds. The van der Waals surface area contributed by atoms with Crippen molar-refractivity contribution < 1.29 is 14.3 Å². The molecule has 4 aromatic rings. The maximum absolute atomic E-state index is 12.6. The molecule has 1 aromatic heterocycles. The number of ether oxygens (including phenoxy) is 2. The molecule has 0 unspecified atom stereocenters. The van der Waals surface area contributed by atoms with Crippen LogP contribution in [0.15, 0.2) is 78.9 Å². The van der Waals surface area contributed by atoms with Crippen LogP contribution in [0, 0.1) is 0 Å². The van der Waals surface area contributed by atoms with Gasteiger partial charge in [0.25, 0.3) is 0 Å². The minimum Gasteiger partial charge on any atom is -0.492 e. The number of benzene rings is 3. The van der Waals surface area contributed by atoms with E-state index in [0.29, 0.717) is 23.3 Å². The first-order chi connectivity index (χ1) is 16.8. The van der Waals surface area contributed by atoms with Crippen molar-refractivity contribution in [3.63, 3.8) is 0 Å². The Kier molecular flexibility index (Phi) is 7.73. The standard InChI is InChI=1S/C28H30ClN3O3/c1-28(2,3)35-27(33)32-25-18-23(14-15-24(25)26(29)30-32)34-17-16-31(19-21-10-6-4-7-11-21)20-22-12-8-5-9-13-22/h4-15,18H,16-17,19-20H2,1-3H3. The Bertz CT molecular complexity index is 1230. The summed E-state index contributed by atoms with van der Waals surface area (Å²) < 4.78 is 12.7. The second-order valence-corrected chi connectivity index (χ2v) is 9.75. The summed E-state index contributed by atoms with van der Waals surface area (Å²) >= 11 is 6.26. The summed E-state index contributed by atoms with van der Waals surface area (Å²) in [5.74, 6) is 0.637. The van der Waals surface area contributed by atoms with E-state index in [1.54, 1.807) is 6.07 Å². The van der Waals surface area contributed by atoms with Crippen LogP contribution >= 0.6 is 11.6 Å². The van der Waals surface area contributed by atoms with Crippen molar-refractivity contribution >= 4 is 28.6 Å². The molecular formula is C28H30ClN3O3. The molecular weight excluding hydrogens is 462 g/mol. The van der Waals surface area contributed by atoms with E-state index in [-0.39, 0.29) is 5.15 Å². The van der Waals surface area contributed by atoms with Crippen LogP contribution in [0.5, 0.6) is 5.75 Å². The van der Waals surface area contributed by atoms with Crippen LogP contribution in [-0.2, 0) is 17.8 Å². The van der Waals surface area contributed by atoms with Crippen molar-refractivity contribution in [2.75, 3.05) is 13.2 Å². The molecule has 0 spiro atoms. The number of carbonyl (C=O) groups excluding carboxylic acids is 1. The summed E-state index contributed by atoms with van der Waals surface area (Å²) in [6.07, 6.45) is -0.580. The minimum atomic E-state index is -0.642. The third kappa shape index (κ3) is 6.84. The van der Waals surface area contributed by atoms with Gasteiger partial charge in [0, 0.05) is 31.1 Å². The normalized spacial score (nSPS) is 11.7. The molecule has 0 bridgehead atoms. The maximum Gasteiger partial charge on any atom is 0.435 e. The zero-order valence-corrected chi connectivity index (χ0v) is 21.0. The number of halogens is 1. The van der Waals surface area contributed by atoms with E-state index in [4.69, 9.17) is 21.1 Å². The molecule has 35 heavy (non-hydrogen) atoms. The fourth-order valence-corrected chi connectivity index (χ4v) is 4.02. The van der Waals surface area contributed by atoms with Gasteiger partial charge in [-0.2, -0.15) is 4.68 Å². The fraction of sp³-hybridized carbons (Fsp3) is 0.286. The highest BCUT2D eigenvalue weighted by Gasteiger charge is 2.22. The van der Waals surface area contributed by atoms with Crippen molar-refractivity contribution in [2.24, 2.45) is 0 Å². The van der Waals surface area contributed by atoms with Crippen molar-refractivity contribution in [3.05, 3.63) is 95.1 Å². The largest absolute Gasteiger partial charge is 0.492 e. The predicted octanol–water partition coefficient (Wildman–Crippen LogP) is 6.55. The Morgan fingerprint density at radius 1 is 0.943 bits per heavy atom. The van der Waals surface area contributed by atoms with Crippen molar-refractivity contribution in [2.45, 2.75) is 39.5 Å². The highest BCUT2D eigenvalue weighted by Crippen LogP contribution is 2.27. The van der Waals surface area contributed by atoms with E-state index in [2.05, 4.69) is 58.5 Å². The van der Waals surface area contributed by atoms with Crippen LogP contribution in [0.25, 0.3) is 10.9 Å². The zero-order valence-electron chi connectivity index (χ0n) is 20.3. The van der Waals surface area contributed by atoms with Gasteiger partial charge < -0.3 is 9.47 Å². The first-order valence-electron chi connectivity index (χ1n) is 11.6. The average Bonchev–Trinajstić information content (AvgIpc) is 3.15. The van der Waals surface area contributed by atoms with Crippen LogP contribution in [0.3, 0.4) is 0 Å². The van der Waals surface area contributed by atoms with E-state index in [1.165, 1.54) is 15.8 Å². The third-order valence-electron chi connectivity index (χ3n) is 5.35. The molecule has 0 saturated heterocycles. The summed E-state index contributed by atoms with van der Waals surface area (Å²) in [6.45, 7) is 8.28. The summed E-state index contributed by atoms with van der Waals surface area (Å²) in [7, 11) is 0. The molecule has 0 saturated carbocycles. The summed E-state index contributed by atoms with van der Waals surface area (Å²) in [4.78, 5) is 15.0. The second-order valence-electron chi connectivity index (χ2n) is 9.39. The SMILES string of the molecule is CC(C)(C)OC(=O)n1nc(Cl)c2ccc(OCCN(Cc3ccccc3)Cc3ccccc3)cc21. The Hall–Kier alpha value is -3.35. The molecule has 0 radical (unpaired) electrons. The fourth-order valence-electron chi connectivity index (χ4n) is 3.78. The average molecular weight is 492 g/mol. The van der Waals surface area contributed by atoms with Gasteiger partial charge in [0.15, 0.2) is 5.15 Å². The number of hydrogen-bond donors (Lipinski definition) is 0. The van der Waals surface area contributed by atoms with Gasteiger partial charge >= 0.3 is 6.09 Å². The Labute approximate surface area is 211 Å². The number of carbonyl (C=O) groups is 1. The molecule has 3 aromatic carbocycles. The first-order valence-corrected chi connectivity index (χ1v) is 12.0. The van der Waals surface area contributed by atoms with E-state index in [1.807, 2.05) is 45.0 Å². The van der Waals surface area contributed by atoms with Gasteiger partial charge in [-0.25, -0.2) is 4.79 Å². The maximum atomic E-state index is 12.6. The van der Waals surface area contributed by atoms with Gasteiger partial charge in [0.2, 0.25) is 0 Å². The molecule has 7 heteroatoms. The molecule has 182 valence electrons. The van der Waals surface area contributed by atoms with Gasteiger partial charge in [-0.05, 0) is 44.0 Å². The van der Waals surface area contributed by atoms with Gasteiger partial charge in [0.1, 0.15) is 18.0 Å². The lowest BCUT2D eigenvalue weighted by molar-refractivity contribution is 0.0522. The van der Waals surface area contributed by atoms with Crippen molar-refractivity contribution in [3.8, 4) is 5.75 Å². The zero-order chi connectivity index (χ0) is 24.8. The van der Waals surface area contributed by atoms with Gasteiger partial charge in [-0.1, -0.05) is 72.3 Å². The molecule has 6 nitrogen and oxygen atoms in total. The van der Waals surface area contributed by atoms with Crippen LogP contribution in [0.4, 0.5) is 4.79 Å². The monoisotopic (exact) mass is 491 g/mol. The second kappa shape index (κ2) is 10.9. The van der Waals surface area contributed by atoms with E-state index in [9.17, 15) is 4.79 Å². The summed E-state index contributed by atoms with van der Waals surface area (Å²) in [6, 6.07) is 26.2. The van der Waals surface area contributed by atoms with Gasteiger partial charge in [0.05, 0.1) is 5.52 Å². The number of aromatic nitrogens is 2. The highest BCUT2D eigenvalue weighted by atomic mass is 35.5. The number of rotatable bonds is 8. The van der Waals surface area contributed by atoms with E-state index in [0.717, 1.165) is 19.6 Å². The molecule has 0 aliphatic carbocycles. The lowest BCUT2D eigenvalue weighted by atomic mass is 10.1. The molecule has 0 atom stereocenters. The highest BCUT2D eigenvalue weighted by molar-refractivity contribution is 6.34. The van der Waals surface area contributed by atoms with Crippen molar-refractivity contribution in [1.29, 1.82) is 0 Å². The van der Waals surface area contributed by atoms with E-state index >= 15 is 0 Å². The van der Waals surface area contributed by atoms with Crippen LogP contribution in [0.2, 0.25) is 5.15 Å². The molecule has 0 aliphatic rings. The van der Waals surface area contributed by atoms with E-state index < -0.39 is 11.7 Å². The lowest BCUT2D eigenvalue weighted by Crippen LogP contribution is -2.28. The Balaban J connectivity index is 1.46. The molecule has 0 aliphatic heterocycles. The third-order valence-corrected chi connectivity index (χ3v) is 5.63.